The van der Waals surface area contributed by atoms with E-state index in [4.69, 9.17) is 0 Å². The van der Waals surface area contributed by atoms with Gasteiger partial charge in [0, 0.05) is 35.0 Å². The molecule has 0 aliphatic heterocycles. The lowest BCUT2D eigenvalue weighted by molar-refractivity contribution is 0.0988. The number of aromatic nitrogens is 2. The second-order valence-electron chi connectivity index (χ2n) is 5.19. The van der Waals surface area contributed by atoms with Gasteiger partial charge in [-0.3, -0.25) is 14.6 Å². The van der Waals surface area contributed by atoms with Crippen molar-refractivity contribution in [2.45, 2.75) is 6.42 Å². The highest BCUT2D eigenvalue weighted by molar-refractivity contribution is 9.10. The number of benzene rings is 1. The minimum atomic E-state index is -0.612. The van der Waals surface area contributed by atoms with Gasteiger partial charge in [0.15, 0.2) is 11.6 Å². The van der Waals surface area contributed by atoms with Gasteiger partial charge in [-0.25, -0.2) is 4.39 Å². The van der Waals surface area contributed by atoms with Crippen molar-refractivity contribution >= 4 is 27.5 Å². The topological polar surface area (TPSA) is 62.8 Å². The number of halogens is 2. The summed E-state index contributed by atoms with van der Waals surface area (Å²) < 4.78 is 14.3. The van der Waals surface area contributed by atoms with Crippen molar-refractivity contribution in [3.05, 3.63) is 87.7 Å². The van der Waals surface area contributed by atoms with Crippen molar-refractivity contribution in [1.82, 2.24) is 9.97 Å². The van der Waals surface area contributed by atoms with E-state index in [1.54, 1.807) is 30.6 Å². The van der Waals surface area contributed by atoms with Gasteiger partial charge in [0.05, 0.1) is 11.3 Å². The maximum Gasteiger partial charge on any atom is 0.198 e. The number of carbonyl (C=O) groups excluding carboxylic acids is 2. The van der Waals surface area contributed by atoms with Crippen LogP contribution >= 0.6 is 15.9 Å². The summed E-state index contributed by atoms with van der Waals surface area (Å²) in [6, 6.07) is 9.32. The second kappa shape index (κ2) is 6.88. The molecule has 0 atom stereocenters. The fourth-order valence-electron chi connectivity index (χ4n) is 2.33. The molecule has 0 saturated carbocycles. The van der Waals surface area contributed by atoms with Gasteiger partial charge in [0.25, 0.3) is 0 Å². The van der Waals surface area contributed by atoms with Gasteiger partial charge in [0.2, 0.25) is 0 Å². The summed E-state index contributed by atoms with van der Waals surface area (Å²) in [7, 11) is 0. The average molecular weight is 387 g/mol. The molecule has 2 heterocycles. The van der Waals surface area contributed by atoms with E-state index < -0.39 is 11.6 Å². The van der Waals surface area contributed by atoms with E-state index in [0.29, 0.717) is 10.2 Å². The van der Waals surface area contributed by atoms with Gasteiger partial charge in [0.1, 0.15) is 5.82 Å². The molecule has 1 N–H and O–H groups in total. The van der Waals surface area contributed by atoms with Crippen LogP contribution < -0.4 is 0 Å². The van der Waals surface area contributed by atoms with Crippen LogP contribution in [0.3, 0.4) is 0 Å². The molecule has 3 rings (SSSR count). The van der Waals surface area contributed by atoms with Crippen molar-refractivity contribution in [2.75, 3.05) is 0 Å². The predicted molar refractivity (Wildman–Crippen MR) is 90.6 cm³/mol. The summed E-state index contributed by atoms with van der Waals surface area (Å²) >= 11 is 3.18. The first kappa shape index (κ1) is 16.3. The van der Waals surface area contributed by atoms with E-state index in [1.807, 2.05) is 0 Å². The molecule has 4 nitrogen and oxygen atoms in total. The molecule has 2 aromatic heterocycles. The van der Waals surface area contributed by atoms with Crippen LogP contribution in [-0.2, 0) is 6.42 Å². The summed E-state index contributed by atoms with van der Waals surface area (Å²) in [6.45, 7) is 0. The maximum absolute atomic E-state index is 13.9. The van der Waals surface area contributed by atoms with E-state index in [-0.39, 0.29) is 23.3 Å². The zero-order valence-electron chi connectivity index (χ0n) is 12.4. The largest absolute Gasteiger partial charge is 0.358 e. The smallest absolute Gasteiger partial charge is 0.198 e. The molecule has 0 unspecified atom stereocenters. The van der Waals surface area contributed by atoms with Crippen molar-refractivity contribution in [3.63, 3.8) is 0 Å². The van der Waals surface area contributed by atoms with Crippen molar-refractivity contribution in [3.8, 4) is 0 Å². The average Bonchev–Trinajstić information content (AvgIpc) is 3.05. The quantitative estimate of drug-likeness (QED) is 0.674. The number of nitrogens with zero attached hydrogens (tertiary/aromatic N) is 1. The number of carbonyl (C=O) groups is 2. The maximum atomic E-state index is 13.9. The summed E-state index contributed by atoms with van der Waals surface area (Å²) in [4.78, 5) is 31.5. The lowest BCUT2D eigenvalue weighted by atomic mass is 10.0. The third-order valence-electron chi connectivity index (χ3n) is 3.52. The van der Waals surface area contributed by atoms with E-state index in [9.17, 15) is 14.0 Å². The van der Waals surface area contributed by atoms with Gasteiger partial charge in [-0.1, -0.05) is 12.1 Å². The van der Waals surface area contributed by atoms with Crippen LogP contribution in [0.4, 0.5) is 4.39 Å². The number of rotatable bonds is 5. The van der Waals surface area contributed by atoms with Crippen molar-refractivity contribution in [1.29, 1.82) is 0 Å². The zero-order valence-corrected chi connectivity index (χ0v) is 14.0. The van der Waals surface area contributed by atoms with Crippen LogP contribution in [0, 0.1) is 5.82 Å². The summed E-state index contributed by atoms with van der Waals surface area (Å²) in [5.41, 5.74) is 1.26. The molecule has 0 amide bonds. The first-order valence-electron chi connectivity index (χ1n) is 7.15. The first-order valence-corrected chi connectivity index (χ1v) is 7.95. The van der Waals surface area contributed by atoms with Gasteiger partial charge >= 0.3 is 0 Å². The number of Topliss-reactive ketones (excluding diaryl/α,β-unsaturated/α-hetero) is 1. The number of pyridine rings is 1. The van der Waals surface area contributed by atoms with Crippen LogP contribution in [0.2, 0.25) is 0 Å². The first-order chi connectivity index (χ1) is 11.6. The molecule has 0 spiro atoms. The molecule has 0 saturated heterocycles. The van der Waals surface area contributed by atoms with Gasteiger partial charge in [-0.05, 0) is 45.8 Å². The highest BCUT2D eigenvalue weighted by atomic mass is 79.9. The Labute approximate surface area is 145 Å². The third kappa shape index (κ3) is 3.33. The molecule has 24 heavy (non-hydrogen) atoms. The molecule has 1 aromatic carbocycles. The SMILES string of the molecule is O=C(Cc1cccnc1)c1cc(C(=O)c2c(F)cccc2Br)c[nH]1. The second-order valence-corrected chi connectivity index (χ2v) is 6.04. The van der Waals surface area contributed by atoms with Crippen LogP contribution in [0.15, 0.2) is 59.5 Å². The van der Waals surface area contributed by atoms with E-state index in [1.165, 1.54) is 24.4 Å². The number of aromatic amines is 1. The Morgan fingerprint density at radius 2 is 2.04 bits per heavy atom. The normalized spacial score (nSPS) is 10.6. The van der Waals surface area contributed by atoms with Gasteiger partial charge < -0.3 is 4.98 Å². The molecule has 0 radical (unpaired) electrons. The molecule has 0 aliphatic rings. The van der Waals surface area contributed by atoms with Crippen molar-refractivity contribution in [2.24, 2.45) is 0 Å². The van der Waals surface area contributed by atoms with Crippen LogP contribution in [0.25, 0.3) is 0 Å². The molecule has 6 heteroatoms. The number of hydrogen-bond donors (Lipinski definition) is 1. The fourth-order valence-corrected chi connectivity index (χ4v) is 2.85. The highest BCUT2D eigenvalue weighted by Crippen LogP contribution is 2.23. The molecule has 0 aliphatic carbocycles. The summed E-state index contributed by atoms with van der Waals surface area (Å²) in [5.74, 6) is -1.27. The third-order valence-corrected chi connectivity index (χ3v) is 4.18. The van der Waals surface area contributed by atoms with Gasteiger partial charge in [-0.15, -0.1) is 0 Å². The lowest BCUT2D eigenvalue weighted by Crippen LogP contribution is -2.05. The Morgan fingerprint density at radius 3 is 2.75 bits per heavy atom. The van der Waals surface area contributed by atoms with Crippen molar-refractivity contribution < 1.29 is 14.0 Å². The highest BCUT2D eigenvalue weighted by Gasteiger charge is 2.20. The predicted octanol–water partition coefficient (Wildman–Crippen LogP) is 3.97. The number of H-pyrrole nitrogens is 1. The van der Waals surface area contributed by atoms with E-state index >= 15 is 0 Å². The molecular weight excluding hydrogens is 375 g/mol. The number of hydrogen-bond acceptors (Lipinski definition) is 3. The van der Waals surface area contributed by atoms with Crippen LogP contribution in [-0.4, -0.2) is 21.5 Å². The van der Waals surface area contributed by atoms with E-state index in [2.05, 4.69) is 25.9 Å². The number of ketones is 2. The minimum Gasteiger partial charge on any atom is -0.358 e. The molecule has 0 bridgehead atoms. The summed E-state index contributed by atoms with van der Waals surface area (Å²) in [5, 5.41) is 0. The lowest BCUT2D eigenvalue weighted by Gasteiger charge is -2.03. The van der Waals surface area contributed by atoms with Crippen LogP contribution in [0.1, 0.15) is 32.0 Å². The van der Waals surface area contributed by atoms with E-state index in [0.717, 1.165) is 5.56 Å². The Morgan fingerprint density at radius 1 is 1.21 bits per heavy atom. The Kier molecular flexibility index (Phi) is 4.66. The monoisotopic (exact) mass is 386 g/mol. The minimum absolute atomic E-state index is 0.0530. The van der Waals surface area contributed by atoms with Crippen LogP contribution in [0.5, 0.6) is 0 Å². The molecule has 3 aromatic rings. The molecule has 0 fully saturated rings. The standard InChI is InChI=1S/C18H12BrFN2O2/c19-13-4-1-5-14(20)17(13)18(24)12-8-15(22-10-12)16(23)7-11-3-2-6-21-9-11/h1-6,8-10,22H,7H2. The zero-order chi connectivity index (χ0) is 17.1. The Hall–Kier alpha value is -2.60. The molecule has 120 valence electrons. The Balaban J connectivity index is 1.83. The fraction of sp³-hybridized carbons (Fsp3) is 0.0556. The summed E-state index contributed by atoms with van der Waals surface area (Å²) in [6.07, 6.45) is 4.83. The Bertz CT molecular complexity index is 886. The van der Waals surface area contributed by atoms with Gasteiger partial charge in [-0.2, -0.15) is 0 Å². The number of nitrogens with one attached hydrogen (secondary N) is 1. The molecular formula is C18H12BrFN2O2.